The van der Waals surface area contributed by atoms with Gasteiger partial charge in [-0.25, -0.2) is 0 Å². The molecule has 0 amide bonds. The molecule has 0 fully saturated rings. The fraction of sp³-hybridized carbons (Fsp3) is 0. The molecule has 0 aliphatic heterocycles. The minimum atomic E-state index is -2.33. The van der Waals surface area contributed by atoms with E-state index in [2.05, 4.69) is 0 Å². The van der Waals surface area contributed by atoms with E-state index in [-0.39, 0.29) is 135 Å². The zero-order chi connectivity index (χ0) is 7.15. The van der Waals surface area contributed by atoms with E-state index < -0.39 is 12.3 Å². The van der Waals surface area contributed by atoms with Crippen molar-refractivity contribution in [1.29, 1.82) is 0 Å². The van der Waals surface area contributed by atoms with Gasteiger partial charge in [0.25, 0.3) is 0 Å². The summed E-state index contributed by atoms with van der Waals surface area (Å²) in [6.07, 6.45) is -4.67. The molecule has 15 heavy (non-hydrogen) atoms. The zero-order valence-electron chi connectivity index (χ0n) is 8.95. The van der Waals surface area contributed by atoms with Crippen LogP contribution in [-0.2, 0) is 0 Å². The number of carboxylic acid groups (broad SMARTS) is 4. The van der Waals surface area contributed by atoms with Gasteiger partial charge in [0.15, 0.2) is 0 Å². The van der Waals surface area contributed by atoms with Crippen LogP contribution in [0.3, 0.4) is 0 Å². The van der Waals surface area contributed by atoms with E-state index >= 15 is 0 Å². The molecule has 0 heterocycles. The zero-order valence-corrected chi connectivity index (χ0v) is 16.9. The second-order valence-electron chi connectivity index (χ2n) is 0.500. The monoisotopic (exact) mass is 266 g/mol. The Morgan fingerprint density at radius 2 is 0.533 bits per heavy atom. The van der Waals surface area contributed by atoms with Gasteiger partial charge in [0.05, 0.1) is 0 Å². The number of rotatable bonds is 0. The van der Waals surface area contributed by atoms with Crippen LogP contribution in [0.2, 0.25) is 0 Å². The van der Waals surface area contributed by atoms with Crippen molar-refractivity contribution < 1.29 is 165 Å². The van der Waals surface area contributed by atoms with Gasteiger partial charge in [-0.15, -0.1) is 0 Å². The predicted octanol–water partition coefficient (Wildman–Crippen LogP) is -19.4. The quantitative estimate of drug-likeness (QED) is 0.386. The maximum absolute atomic E-state index is 8.33. The Morgan fingerprint density at radius 1 is 0.533 bits per heavy atom. The Kier molecular flexibility index (Phi) is 243. The second-order valence-corrected chi connectivity index (χ2v) is 0.500. The van der Waals surface area contributed by atoms with Crippen LogP contribution in [0, 0.1) is 0 Å². The molecular weight excluding hydrogens is 260 g/mol. The third-order valence-corrected chi connectivity index (χ3v) is 0. The number of hydrogen-bond acceptors (Lipinski definition) is 6. The van der Waals surface area contributed by atoms with Crippen LogP contribution in [0.15, 0.2) is 0 Å². The average molecular weight is 266 g/mol. The maximum Gasteiger partial charge on any atom is 1.00 e. The first-order valence-electron chi connectivity index (χ1n) is 1.22. The van der Waals surface area contributed by atoms with E-state index in [4.69, 9.17) is 30.0 Å². The largest absolute Gasteiger partial charge is 1.00 e. The third-order valence-electron chi connectivity index (χ3n) is 0. The molecule has 0 bridgehead atoms. The van der Waals surface area contributed by atoms with Crippen LogP contribution in [-0.4, -0.2) is 28.7 Å². The van der Waals surface area contributed by atoms with Gasteiger partial charge in [-0.2, -0.15) is 0 Å². The van der Waals surface area contributed by atoms with E-state index in [1.807, 2.05) is 0 Å². The van der Waals surface area contributed by atoms with E-state index in [1.165, 1.54) is 0 Å². The Balaban J connectivity index is -0.00000000468. The predicted molar refractivity (Wildman–Crippen MR) is 21.6 cm³/mol. The van der Waals surface area contributed by atoms with Crippen molar-refractivity contribution in [3.05, 3.63) is 0 Å². The Morgan fingerprint density at radius 3 is 0.533 bits per heavy atom. The van der Waals surface area contributed by atoms with Crippen LogP contribution in [0.1, 0.15) is 0 Å². The summed E-state index contributed by atoms with van der Waals surface area (Å²) in [5.41, 5.74) is 0. The molecule has 0 atom stereocenters. The van der Waals surface area contributed by atoms with Gasteiger partial charge in [-0.1, -0.05) is 0 Å². The van der Waals surface area contributed by atoms with Gasteiger partial charge in [0.1, 0.15) is 0 Å². The molecule has 9 nitrogen and oxygen atoms in total. The van der Waals surface area contributed by atoms with Crippen molar-refractivity contribution in [2.45, 2.75) is 0 Å². The molecule has 0 aliphatic carbocycles. The molecule has 0 spiro atoms. The molecule has 0 rings (SSSR count). The normalized spacial score (nSPS) is 3.20. The third kappa shape index (κ3) is 583. The van der Waals surface area contributed by atoms with Crippen molar-refractivity contribution in [2.24, 2.45) is 0 Å². The van der Waals surface area contributed by atoms with Gasteiger partial charge >= 0.3 is 118 Å². The molecule has 0 saturated heterocycles. The van der Waals surface area contributed by atoms with Crippen molar-refractivity contribution >= 4 is 12.3 Å². The van der Waals surface area contributed by atoms with Crippen molar-refractivity contribution in [3.8, 4) is 0 Å². The maximum atomic E-state index is 8.33. The average Bonchev–Trinajstić information content (AvgIpc) is 1.25. The van der Waals surface area contributed by atoms with Crippen LogP contribution in [0.5, 0.6) is 0 Å². The summed E-state index contributed by atoms with van der Waals surface area (Å²) < 4.78 is 0. The SMILES string of the molecule is O.O.O.O=C([O-])[O-].O=C([O-])[O-].[Na+].[Na+].[Na+].[Na+]. The number of carbonyl (C=O) groups excluding carboxylic acids is 2. The van der Waals surface area contributed by atoms with Crippen LogP contribution < -0.4 is 139 Å². The standard InChI is InChI=1S/2CH2O3.4Na.3H2O/c2*2-1(3)4;;;;;;;/h2*(H2,2,3,4);;;;;3*1H2/q;;4*+1;;;/p-4. The number of hydrogen-bond donors (Lipinski definition) is 0. The van der Waals surface area contributed by atoms with Gasteiger partial charge in [-0.05, 0) is 12.3 Å². The molecule has 0 radical (unpaired) electrons. The summed E-state index contributed by atoms with van der Waals surface area (Å²) in [6, 6.07) is 0. The van der Waals surface area contributed by atoms with E-state index in [9.17, 15) is 0 Å². The summed E-state index contributed by atoms with van der Waals surface area (Å²) in [5.74, 6) is 0. The van der Waals surface area contributed by atoms with Crippen molar-refractivity contribution in [1.82, 2.24) is 0 Å². The first-order valence-corrected chi connectivity index (χ1v) is 1.22. The fourth-order valence-electron chi connectivity index (χ4n) is 0. The summed E-state index contributed by atoms with van der Waals surface area (Å²) in [5, 5.41) is 33.3. The summed E-state index contributed by atoms with van der Waals surface area (Å²) in [6.45, 7) is 0. The minimum Gasteiger partial charge on any atom is -0.652 e. The van der Waals surface area contributed by atoms with E-state index in [0.717, 1.165) is 0 Å². The van der Waals surface area contributed by atoms with Crippen molar-refractivity contribution in [3.63, 3.8) is 0 Å². The summed E-state index contributed by atoms with van der Waals surface area (Å²) >= 11 is 0. The first kappa shape index (κ1) is 66.2. The fourth-order valence-corrected chi connectivity index (χ4v) is 0. The molecule has 0 aliphatic rings. The van der Waals surface area contributed by atoms with Crippen LogP contribution >= 0.6 is 0 Å². The Bertz CT molecular complexity index is 78.1. The van der Waals surface area contributed by atoms with Gasteiger partial charge < -0.3 is 46.4 Å². The molecule has 13 heteroatoms. The second kappa shape index (κ2) is 55.1. The topological polar surface area (TPSA) is 221 Å². The molecule has 6 N–H and O–H groups in total. The van der Waals surface area contributed by atoms with Crippen LogP contribution in [0.4, 0.5) is 9.59 Å². The molecule has 0 aromatic heterocycles. The molecule has 0 aromatic rings. The summed E-state index contributed by atoms with van der Waals surface area (Å²) in [4.78, 5) is 16.7. The Labute approximate surface area is 174 Å². The van der Waals surface area contributed by atoms with Gasteiger partial charge in [0, 0.05) is 0 Å². The molecule has 0 saturated carbocycles. The van der Waals surface area contributed by atoms with E-state index in [1.54, 1.807) is 0 Å². The minimum absolute atomic E-state index is 0. The van der Waals surface area contributed by atoms with E-state index in [0.29, 0.717) is 0 Å². The number of carbonyl (C=O) groups is 2. The van der Waals surface area contributed by atoms with Crippen molar-refractivity contribution in [2.75, 3.05) is 0 Å². The molecular formula is C2H6Na4O9. The summed E-state index contributed by atoms with van der Waals surface area (Å²) in [7, 11) is 0. The van der Waals surface area contributed by atoms with Crippen LogP contribution in [0.25, 0.3) is 0 Å². The molecule has 72 valence electrons. The first-order chi connectivity index (χ1) is 3.46. The van der Waals surface area contributed by atoms with Gasteiger partial charge in [0.2, 0.25) is 0 Å². The smallest absolute Gasteiger partial charge is 0.652 e. The van der Waals surface area contributed by atoms with Gasteiger partial charge in [-0.3, -0.25) is 0 Å². The molecule has 0 unspecified atom stereocenters. The molecule has 0 aromatic carbocycles. The Hall–Kier alpha value is 2.42.